The summed E-state index contributed by atoms with van der Waals surface area (Å²) in [6.45, 7) is 4.44. The number of amides is 2. The van der Waals surface area contributed by atoms with Gasteiger partial charge in [-0.25, -0.2) is 0 Å². The van der Waals surface area contributed by atoms with Gasteiger partial charge in [0, 0.05) is 46.2 Å². The van der Waals surface area contributed by atoms with E-state index in [4.69, 9.17) is 0 Å². The van der Waals surface area contributed by atoms with Gasteiger partial charge in [-0.15, -0.1) is 0 Å². The first-order valence-electron chi connectivity index (χ1n) is 6.38. The van der Waals surface area contributed by atoms with Crippen LogP contribution in [0.1, 0.15) is 6.42 Å². The van der Waals surface area contributed by atoms with Crippen LogP contribution in [0.2, 0.25) is 0 Å². The molecule has 2 amide bonds. The Labute approximate surface area is 101 Å². The quantitative estimate of drug-likeness (QED) is 0.646. The largest absolute Gasteiger partial charge is 0.345 e. The second-order valence-corrected chi connectivity index (χ2v) is 5.60. The van der Waals surface area contributed by atoms with Gasteiger partial charge in [-0.2, -0.15) is 0 Å². The molecule has 3 heterocycles. The Morgan fingerprint density at radius 1 is 1.24 bits per heavy atom. The van der Waals surface area contributed by atoms with Gasteiger partial charge in [0.2, 0.25) is 11.8 Å². The molecule has 1 unspecified atom stereocenters. The molecule has 0 aromatic heterocycles. The number of likely N-dealkylation sites (tertiary alicyclic amines) is 2. The summed E-state index contributed by atoms with van der Waals surface area (Å²) in [5.74, 6) is 1.46. The van der Waals surface area contributed by atoms with Crippen molar-refractivity contribution in [3.05, 3.63) is 0 Å². The fraction of sp³-hybridized carbons (Fsp3) is 0.833. The smallest absolute Gasteiger partial charge is 0.228 e. The lowest BCUT2D eigenvalue weighted by Crippen LogP contribution is -2.37. The molecule has 0 saturated carbocycles. The monoisotopic (exact) mass is 237 g/mol. The minimum Gasteiger partial charge on any atom is -0.345 e. The van der Waals surface area contributed by atoms with Crippen molar-refractivity contribution in [1.29, 1.82) is 0 Å². The van der Waals surface area contributed by atoms with E-state index in [-0.39, 0.29) is 17.7 Å². The van der Waals surface area contributed by atoms with Crippen molar-refractivity contribution >= 4 is 11.8 Å². The normalized spacial score (nSPS) is 36.8. The van der Waals surface area contributed by atoms with Crippen LogP contribution in [-0.4, -0.2) is 61.4 Å². The summed E-state index contributed by atoms with van der Waals surface area (Å²) in [5.41, 5.74) is 0. The first-order valence-corrected chi connectivity index (χ1v) is 6.38. The number of fused-ring (bicyclic) bond motifs is 1. The first kappa shape index (κ1) is 11.0. The van der Waals surface area contributed by atoms with E-state index in [1.54, 1.807) is 11.9 Å². The molecule has 94 valence electrons. The molecule has 3 aliphatic rings. The van der Waals surface area contributed by atoms with Crippen molar-refractivity contribution in [1.82, 2.24) is 15.1 Å². The van der Waals surface area contributed by atoms with Gasteiger partial charge in [-0.05, 0) is 11.8 Å². The van der Waals surface area contributed by atoms with Crippen molar-refractivity contribution in [3.63, 3.8) is 0 Å². The molecule has 1 N–H and O–H groups in total. The van der Waals surface area contributed by atoms with Crippen LogP contribution >= 0.6 is 0 Å². The Morgan fingerprint density at radius 3 is 2.41 bits per heavy atom. The van der Waals surface area contributed by atoms with Gasteiger partial charge in [0.25, 0.3) is 0 Å². The summed E-state index contributed by atoms with van der Waals surface area (Å²) in [6, 6.07) is 0. The molecule has 3 rings (SSSR count). The summed E-state index contributed by atoms with van der Waals surface area (Å²) < 4.78 is 0. The number of hydrogen-bond donors (Lipinski definition) is 1. The van der Waals surface area contributed by atoms with Crippen LogP contribution in [0.25, 0.3) is 0 Å². The SMILES string of the molecule is CN1CC(C(=O)N2C[C@H]3CNC[C@H]3C2)CC1=O. The fourth-order valence-electron chi connectivity index (χ4n) is 3.32. The van der Waals surface area contributed by atoms with Crippen molar-refractivity contribution in [3.8, 4) is 0 Å². The van der Waals surface area contributed by atoms with E-state index in [9.17, 15) is 9.59 Å². The highest BCUT2D eigenvalue weighted by atomic mass is 16.2. The van der Waals surface area contributed by atoms with Gasteiger partial charge in [-0.1, -0.05) is 0 Å². The summed E-state index contributed by atoms with van der Waals surface area (Å²) in [4.78, 5) is 27.4. The van der Waals surface area contributed by atoms with Crippen molar-refractivity contribution in [2.45, 2.75) is 6.42 Å². The minimum atomic E-state index is -0.0979. The molecule has 3 aliphatic heterocycles. The van der Waals surface area contributed by atoms with Crippen LogP contribution in [-0.2, 0) is 9.59 Å². The van der Waals surface area contributed by atoms with Crippen LogP contribution in [0.15, 0.2) is 0 Å². The van der Waals surface area contributed by atoms with Crippen molar-refractivity contribution in [2.75, 3.05) is 39.8 Å². The van der Waals surface area contributed by atoms with Crippen LogP contribution in [0.3, 0.4) is 0 Å². The molecular formula is C12H19N3O2. The lowest BCUT2D eigenvalue weighted by atomic mass is 10.0. The van der Waals surface area contributed by atoms with Gasteiger partial charge in [0.15, 0.2) is 0 Å². The Morgan fingerprint density at radius 2 is 1.88 bits per heavy atom. The highest BCUT2D eigenvalue weighted by molar-refractivity contribution is 5.89. The molecule has 3 atom stereocenters. The number of carbonyl (C=O) groups is 2. The lowest BCUT2D eigenvalue weighted by Gasteiger charge is -2.21. The number of hydrogen-bond acceptors (Lipinski definition) is 3. The molecule has 17 heavy (non-hydrogen) atoms. The Kier molecular flexibility index (Phi) is 2.58. The highest BCUT2D eigenvalue weighted by Gasteiger charge is 2.42. The maximum Gasteiger partial charge on any atom is 0.228 e. The molecular weight excluding hydrogens is 218 g/mol. The Balaban J connectivity index is 1.62. The average molecular weight is 237 g/mol. The van der Waals surface area contributed by atoms with Gasteiger partial charge in [0.1, 0.15) is 0 Å². The summed E-state index contributed by atoms with van der Waals surface area (Å²) in [6.07, 6.45) is 0.402. The standard InChI is InChI=1S/C12H19N3O2/c1-14-5-8(2-11(14)16)12(17)15-6-9-3-13-4-10(9)7-15/h8-10,13H,2-7H2,1H3/t8?,9-,10+. The number of nitrogens with zero attached hydrogens (tertiary/aromatic N) is 2. The summed E-state index contributed by atoms with van der Waals surface area (Å²) in [7, 11) is 1.78. The molecule has 0 bridgehead atoms. The Hall–Kier alpha value is -1.10. The maximum atomic E-state index is 12.3. The van der Waals surface area contributed by atoms with E-state index in [0.717, 1.165) is 26.2 Å². The molecule has 0 aliphatic carbocycles. The van der Waals surface area contributed by atoms with Crippen molar-refractivity contribution < 1.29 is 9.59 Å². The zero-order valence-corrected chi connectivity index (χ0v) is 10.2. The lowest BCUT2D eigenvalue weighted by molar-refractivity contribution is -0.135. The van der Waals surface area contributed by atoms with E-state index in [0.29, 0.717) is 24.8 Å². The fourth-order valence-corrected chi connectivity index (χ4v) is 3.32. The first-order chi connectivity index (χ1) is 8.15. The molecule has 5 heteroatoms. The molecule has 0 radical (unpaired) electrons. The maximum absolute atomic E-state index is 12.3. The third-order valence-corrected chi connectivity index (χ3v) is 4.39. The van der Waals surface area contributed by atoms with E-state index in [2.05, 4.69) is 5.32 Å². The molecule has 5 nitrogen and oxygen atoms in total. The summed E-state index contributed by atoms with van der Waals surface area (Å²) in [5, 5.41) is 3.37. The van der Waals surface area contributed by atoms with Gasteiger partial charge in [0.05, 0.1) is 5.92 Å². The number of rotatable bonds is 1. The number of carbonyl (C=O) groups excluding carboxylic acids is 2. The second kappa shape index (κ2) is 3.98. The predicted octanol–water partition coefficient (Wildman–Crippen LogP) is -0.857. The van der Waals surface area contributed by atoms with E-state index < -0.39 is 0 Å². The van der Waals surface area contributed by atoms with Crippen LogP contribution in [0.5, 0.6) is 0 Å². The van der Waals surface area contributed by atoms with E-state index in [1.807, 2.05) is 4.90 Å². The van der Waals surface area contributed by atoms with E-state index >= 15 is 0 Å². The zero-order valence-electron chi connectivity index (χ0n) is 10.2. The molecule has 0 aromatic rings. The van der Waals surface area contributed by atoms with Gasteiger partial charge >= 0.3 is 0 Å². The topological polar surface area (TPSA) is 52.7 Å². The third-order valence-electron chi connectivity index (χ3n) is 4.39. The third kappa shape index (κ3) is 1.82. The minimum absolute atomic E-state index is 0.0979. The predicted molar refractivity (Wildman–Crippen MR) is 62.2 cm³/mol. The van der Waals surface area contributed by atoms with Crippen LogP contribution in [0, 0.1) is 17.8 Å². The average Bonchev–Trinajstić information content (AvgIpc) is 2.92. The number of nitrogens with one attached hydrogen (secondary N) is 1. The highest BCUT2D eigenvalue weighted by Crippen LogP contribution is 2.29. The van der Waals surface area contributed by atoms with Crippen molar-refractivity contribution in [2.24, 2.45) is 17.8 Å². The molecule has 3 saturated heterocycles. The zero-order chi connectivity index (χ0) is 12.0. The molecule has 0 spiro atoms. The Bertz CT molecular complexity index is 346. The van der Waals surface area contributed by atoms with Gasteiger partial charge in [-0.3, -0.25) is 9.59 Å². The molecule has 0 aromatic carbocycles. The van der Waals surface area contributed by atoms with Crippen LogP contribution < -0.4 is 5.32 Å². The molecule has 3 fully saturated rings. The summed E-state index contributed by atoms with van der Waals surface area (Å²) >= 11 is 0. The van der Waals surface area contributed by atoms with E-state index in [1.165, 1.54) is 0 Å². The second-order valence-electron chi connectivity index (χ2n) is 5.60. The van der Waals surface area contributed by atoms with Crippen LogP contribution in [0.4, 0.5) is 0 Å². The van der Waals surface area contributed by atoms with Gasteiger partial charge < -0.3 is 15.1 Å².